The van der Waals surface area contributed by atoms with Crippen molar-refractivity contribution in [2.75, 3.05) is 10.6 Å². The lowest BCUT2D eigenvalue weighted by atomic mass is 10.1. The maximum Gasteiger partial charge on any atom is 0.256 e. The predicted octanol–water partition coefficient (Wildman–Crippen LogP) is 11.2. The Balaban J connectivity index is 0.946. The van der Waals surface area contributed by atoms with Gasteiger partial charge in [0.05, 0.1) is 43.3 Å². The lowest BCUT2D eigenvalue weighted by molar-refractivity contribution is 0.102. The monoisotopic (exact) mass is 702 g/mol. The second-order valence-electron chi connectivity index (χ2n) is 12.0. The molecule has 4 heterocycles. The molecule has 0 bridgehead atoms. The normalized spacial score (nSPS) is 11.1. The van der Waals surface area contributed by atoms with Crippen molar-refractivity contribution >= 4 is 67.7 Å². The number of ether oxygens (including phenoxy) is 1. The standard InChI is InChI=1S/C42H30N4O3S2/c1-25-11-21-39(50-25)37-23-33(31-7-3-5-9-35(31)45-37)41(47)43-27-13-17-29(18-14-27)49-30-19-15-28(16-20-30)44-42(48)34-24-38(40-22-12-26(2)51-40)46-36-10-6-4-8-32(34)36/h3-24H,1-2H3,(H,43,47)(H,44,48). The maximum atomic E-state index is 13.5. The molecule has 9 heteroatoms. The molecule has 0 aliphatic carbocycles. The van der Waals surface area contributed by atoms with Crippen LogP contribution in [-0.4, -0.2) is 21.8 Å². The molecule has 0 spiro atoms. The van der Waals surface area contributed by atoms with Gasteiger partial charge in [0.15, 0.2) is 0 Å². The minimum atomic E-state index is -0.216. The fourth-order valence-electron chi connectivity index (χ4n) is 5.87. The largest absolute Gasteiger partial charge is 0.457 e. The Morgan fingerprint density at radius 3 is 1.33 bits per heavy atom. The van der Waals surface area contributed by atoms with Gasteiger partial charge in [0, 0.05) is 31.9 Å². The fourth-order valence-corrected chi connectivity index (χ4v) is 7.53. The number of rotatable bonds is 8. The van der Waals surface area contributed by atoms with Crippen molar-refractivity contribution in [3.8, 4) is 32.6 Å². The van der Waals surface area contributed by atoms with Crippen molar-refractivity contribution in [2.24, 2.45) is 0 Å². The number of carbonyl (C=O) groups excluding carboxylic acids is 2. The number of para-hydroxylation sites is 2. The number of pyridine rings is 2. The topological polar surface area (TPSA) is 93.2 Å². The fraction of sp³-hybridized carbons (Fsp3) is 0.0476. The van der Waals surface area contributed by atoms with Crippen LogP contribution in [0.25, 0.3) is 42.9 Å². The van der Waals surface area contributed by atoms with Gasteiger partial charge in [-0.25, -0.2) is 9.97 Å². The summed E-state index contributed by atoms with van der Waals surface area (Å²) in [6.07, 6.45) is 0. The molecule has 0 fully saturated rings. The number of aromatic nitrogens is 2. The van der Waals surface area contributed by atoms with Crippen molar-refractivity contribution in [1.82, 2.24) is 9.97 Å². The van der Waals surface area contributed by atoms with Crippen LogP contribution in [0.1, 0.15) is 30.5 Å². The zero-order chi connectivity index (χ0) is 34.9. The predicted molar refractivity (Wildman–Crippen MR) is 208 cm³/mol. The lowest BCUT2D eigenvalue weighted by Gasteiger charge is -2.12. The summed E-state index contributed by atoms with van der Waals surface area (Å²) in [5.41, 5.74) is 5.48. The van der Waals surface area contributed by atoms with E-state index < -0.39 is 0 Å². The number of amides is 2. The maximum absolute atomic E-state index is 13.5. The number of carbonyl (C=O) groups is 2. The number of nitrogens with zero attached hydrogens (tertiary/aromatic N) is 2. The average molecular weight is 703 g/mol. The summed E-state index contributed by atoms with van der Waals surface area (Å²) in [5, 5.41) is 7.63. The molecule has 0 aliphatic rings. The molecule has 8 aromatic rings. The number of hydrogen-bond acceptors (Lipinski definition) is 7. The molecule has 0 unspecified atom stereocenters. The van der Waals surface area contributed by atoms with Crippen molar-refractivity contribution in [3.05, 3.63) is 154 Å². The van der Waals surface area contributed by atoms with Crippen LogP contribution in [0.5, 0.6) is 11.5 Å². The molecule has 248 valence electrons. The Morgan fingerprint density at radius 1 is 0.529 bits per heavy atom. The number of fused-ring (bicyclic) bond motifs is 2. The quantitative estimate of drug-likeness (QED) is 0.164. The first-order valence-electron chi connectivity index (χ1n) is 16.3. The highest BCUT2D eigenvalue weighted by Crippen LogP contribution is 2.32. The van der Waals surface area contributed by atoms with Gasteiger partial charge in [-0.2, -0.15) is 0 Å². The number of nitrogens with one attached hydrogen (secondary N) is 2. The molecule has 51 heavy (non-hydrogen) atoms. The van der Waals surface area contributed by atoms with E-state index in [9.17, 15) is 9.59 Å². The molecule has 0 saturated heterocycles. The van der Waals surface area contributed by atoms with Crippen molar-refractivity contribution in [3.63, 3.8) is 0 Å². The van der Waals surface area contributed by atoms with Gasteiger partial charge in [-0.1, -0.05) is 36.4 Å². The second-order valence-corrected chi connectivity index (χ2v) is 14.6. The van der Waals surface area contributed by atoms with E-state index in [2.05, 4.69) is 36.6 Å². The lowest BCUT2D eigenvalue weighted by Crippen LogP contribution is -2.13. The molecular formula is C42H30N4O3S2. The zero-order valence-corrected chi connectivity index (χ0v) is 29.3. The summed E-state index contributed by atoms with van der Waals surface area (Å²) in [6, 6.07) is 41.7. The first kappa shape index (κ1) is 32.1. The van der Waals surface area contributed by atoms with Gasteiger partial charge in [0.2, 0.25) is 0 Å². The Bertz CT molecular complexity index is 2390. The molecule has 7 nitrogen and oxygen atoms in total. The van der Waals surface area contributed by atoms with Crippen molar-refractivity contribution in [1.29, 1.82) is 0 Å². The first-order valence-corrected chi connectivity index (χ1v) is 17.9. The highest BCUT2D eigenvalue weighted by atomic mass is 32.1. The molecule has 4 aromatic carbocycles. The van der Waals surface area contributed by atoms with Gasteiger partial charge in [-0.15, -0.1) is 22.7 Å². The molecule has 0 aliphatic heterocycles. The van der Waals surface area contributed by atoms with E-state index in [-0.39, 0.29) is 11.8 Å². The SMILES string of the molecule is Cc1ccc(-c2cc(C(=O)Nc3ccc(Oc4ccc(NC(=O)c5cc(-c6ccc(C)s6)nc6ccccc56)cc4)cc3)c3ccccc3n2)s1. The highest BCUT2D eigenvalue weighted by Gasteiger charge is 2.17. The van der Waals surface area contributed by atoms with E-state index in [4.69, 9.17) is 14.7 Å². The van der Waals surface area contributed by atoms with Crippen LogP contribution < -0.4 is 15.4 Å². The van der Waals surface area contributed by atoms with Gasteiger partial charge < -0.3 is 15.4 Å². The summed E-state index contributed by atoms with van der Waals surface area (Å²) < 4.78 is 6.08. The van der Waals surface area contributed by atoms with Gasteiger partial charge in [0.1, 0.15) is 11.5 Å². The van der Waals surface area contributed by atoms with E-state index in [1.165, 1.54) is 9.75 Å². The molecule has 0 atom stereocenters. The van der Waals surface area contributed by atoms with Crippen molar-refractivity contribution in [2.45, 2.75) is 13.8 Å². The Hall–Kier alpha value is -6.16. The van der Waals surface area contributed by atoms with Crippen LogP contribution in [-0.2, 0) is 0 Å². The third-order valence-electron chi connectivity index (χ3n) is 8.37. The number of aryl methyl sites for hydroxylation is 2. The minimum Gasteiger partial charge on any atom is -0.457 e. The molecule has 2 N–H and O–H groups in total. The summed E-state index contributed by atoms with van der Waals surface area (Å²) in [5.74, 6) is 0.780. The second kappa shape index (κ2) is 13.6. The molecule has 0 radical (unpaired) electrons. The Kier molecular flexibility index (Phi) is 8.57. The third-order valence-corrected chi connectivity index (χ3v) is 10.4. The first-order chi connectivity index (χ1) is 24.9. The summed E-state index contributed by atoms with van der Waals surface area (Å²) >= 11 is 3.30. The third kappa shape index (κ3) is 6.85. The van der Waals surface area contributed by atoms with Crippen LogP contribution in [0.15, 0.2) is 133 Å². The van der Waals surface area contributed by atoms with Crippen LogP contribution in [0, 0.1) is 13.8 Å². The van der Waals surface area contributed by atoms with Crippen LogP contribution in [0.3, 0.4) is 0 Å². The van der Waals surface area contributed by atoms with E-state index in [0.717, 1.165) is 42.9 Å². The van der Waals surface area contributed by atoms with Crippen LogP contribution in [0.4, 0.5) is 11.4 Å². The van der Waals surface area contributed by atoms with Crippen molar-refractivity contribution < 1.29 is 14.3 Å². The molecule has 0 saturated carbocycles. The zero-order valence-electron chi connectivity index (χ0n) is 27.6. The average Bonchev–Trinajstić information content (AvgIpc) is 3.80. The summed E-state index contributed by atoms with van der Waals surface area (Å²) in [7, 11) is 0. The number of benzene rings is 4. The Morgan fingerprint density at radius 2 is 0.941 bits per heavy atom. The molecule has 2 amide bonds. The Labute approximate surface area is 302 Å². The van der Waals surface area contributed by atoms with Gasteiger partial charge >= 0.3 is 0 Å². The van der Waals surface area contributed by atoms with Gasteiger partial charge in [-0.3, -0.25) is 9.59 Å². The van der Waals surface area contributed by atoms with E-state index >= 15 is 0 Å². The van der Waals surface area contributed by atoms with Gasteiger partial charge in [-0.05, 0) is 111 Å². The van der Waals surface area contributed by atoms with Crippen LogP contribution in [0.2, 0.25) is 0 Å². The summed E-state index contributed by atoms with van der Waals surface area (Å²) in [4.78, 5) is 41.1. The van der Waals surface area contributed by atoms with Gasteiger partial charge in [0.25, 0.3) is 11.8 Å². The van der Waals surface area contributed by atoms with Crippen LogP contribution >= 0.6 is 22.7 Å². The molecule has 8 rings (SSSR count). The number of anilines is 2. The number of thiophene rings is 2. The smallest absolute Gasteiger partial charge is 0.256 e. The minimum absolute atomic E-state index is 0.216. The molecule has 4 aromatic heterocycles. The van der Waals surface area contributed by atoms with E-state index in [0.29, 0.717) is 34.0 Å². The number of hydrogen-bond donors (Lipinski definition) is 2. The summed E-state index contributed by atoms with van der Waals surface area (Å²) in [6.45, 7) is 4.11. The van der Waals surface area contributed by atoms with E-state index in [1.807, 2.05) is 72.8 Å². The van der Waals surface area contributed by atoms with E-state index in [1.54, 1.807) is 71.2 Å². The highest BCUT2D eigenvalue weighted by molar-refractivity contribution is 7.15. The molecular weight excluding hydrogens is 673 g/mol.